The maximum atomic E-state index is 13.2. The van der Waals surface area contributed by atoms with Crippen molar-refractivity contribution >= 4 is 34.1 Å². The molecule has 0 aliphatic rings. The smallest absolute Gasteiger partial charge is 0.433 e. The molecular formula is C23H23F3N2O5S. The van der Waals surface area contributed by atoms with Gasteiger partial charge in [-0.15, -0.1) is 0 Å². The second-order valence-corrected chi connectivity index (χ2v) is 10.0. The van der Waals surface area contributed by atoms with Gasteiger partial charge in [-0.1, -0.05) is 0 Å². The van der Waals surface area contributed by atoms with Gasteiger partial charge >= 0.3 is 12.1 Å². The van der Waals surface area contributed by atoms with Crippen LogP contribution >= 0.6 is 0 Å². The third-order valence-electron chi connectivity index (χ3n) is 4.64. The van der Waals surface area contributed by atoms with Crippen LogP contribution in [0.4, 0.5) is 13.2 Å². The van der Waals surface area contributed by atoms with Crippen LogP contribution in [0.15, 0.2) is 39.1 Å². The van der Waals surface area contributed by atoms with E-state index in [4.69, 9.17) is 13.9 Å². The average molecular weight is 497 g/mol. The quantitative estimate of drug-likeness (QED) is 0.327. The van der Waals surface area contributed by atoms with Gasteiger partial charge in [0.2, 0.25) is 0 Å². The summed E-state index contributed by atoms with van der Waals surface area (Å²) < 4.78 is 71.4. The minimum absolute atomic E-state index is 0.00916. The summed E-state index contributed by atoms with van der Waals surface area (Å²) in [7, 11) is -0.286. The molecule has 0 fully saturated rings. The van der Waals surface area contributed by atoms with Gasteiger partial charge in [0.05, 0.1) is 24.7 Å². The second kappa shape index (κ2) is 9.57. The molecule has 3 aromatic rings. The number of hydrogen-bond donors (Lipinski definition) is 0. The Morgan fingerprint density at radius 1 is 1.21 bits per heavy atom. The largest absolute Gasteiger partial charge is 0.494 e. The summed E-state index contributed by atoms with van der Waals surface area (Å²) in [6.07, 6.45) is -3.45. The summed E-state index contributed by atoms with van der Waals surface area (Å²) in [6, 6.07) is 6.56. The summed E-state index contributed by atoms with van der Waals surface area (Å²) in [6.45, 7) is 6.98. The molecular weight excluding hydrogens is 473 g/mol. The standard InChI is InChI=1S/C23H23F3N2O5S/c1-6-32-21(29)15-11-17(33-18(15)12-27-34(30)22(2,3)4)13-7-9-16(31-5)20-14(13)8-10-19(28-20)23(24,25)26/h7-12H,6H2,1-5H3/b27-12+. The molecule has 0 aliphatic carbocycles. The number of carbonyl (C=O) groups excluding carboxylic acids is 1. The summed E-state index contributed by atoms with van der Waals surface area (Å²) in [5.74, 6) is -0.365. The van der Waals surface area contributed by atoms with Crippen molar-refractivity contribution in [1.82, 2.24) is 4.98 Å². The number of rotatable bonds is 6. The number of aromatic nitrogens is 1. The molecule has 0 radical (unpaired) electrons. The van der Waals surface area contributed by atoms with E-state index in [1.54, 1.807) is 33.8 Å². The second-order valence-electron chi connectivity index (χ2n) is 8.11. The lowest BCUT2D eigenvalue weighted by molar-refractivity contribution is -0.140. The monoisotopic (exact) mass is 496 g/mol. The van der Waals surface area contributed by atoms with Crippen molar-refractivity contribution in [3.05, 3.63) is 47.3 Å². The van der Waals surface area contributed by atoms with Gasteiger partial charge in [-0.2, -0.15) is 17.6 Å². The van der Waals surface area contributed by atoms with Crippen LogP contribution in [-0.4, -0.2) is 39.8 Å². The first-order chi connectivity index (χ1) is 15.9. The Balaban J connectivity index is 2.19. The minimum Gasteiger partial charge on any atom is -0.494 e. The number of nitrogens with zero attached hydrogens (tertiary/aromatic N) is 2. The molecule has 0 saturated carbocycles. The first kappa shape index (κ1) is 25.4. The topological polar surface area (TPSA) is 91.0 Å². The number of alkyl halides is 3. The lowest BCUT2D eigenvalue weighted by Crippen LogP contribution is -2.19. The van der Waals surface area contributed by atoms with Crippen LogP contribution in [0.3, 0.4) is 0 Å². The van der Waals surface area contributed by atoms with Crippen LogP contribution in [0.2, 0.25) is 0 Å². The van der Waals surface area contributed by atoms with Gasteiger partial charge < -0.3 is 13.9 Å². The number of ether oxygens (including phenoxy) is 2. The molecule has 0 N–H and O–H groups in total. The van der Waals surface area contributed by atoms with Gasteiger partial charge in [-0.25, -0.2) is 14.0 Å². The Morgan fingerprint density at radius 2 is 1.91 bits per heavy atom. The average Bonchev–Trinajstić information content (AvgIpc) is 3.19. The van der Waals surface area contributed by atoms with Gasteiger partial charge in [-0.3, -0.25) is 0 Å². The van der Waals surface area contributed by atoms with E-state index in [0.29, 0.717) is 10.9 Å². The molecule has 1 aromatic carbocycles. The van der Waals surface area contributed by atoms with E-state index in [2.05, 4.69) is 9.38 Å². The van der Waals surface area contributed by atoms with Crippen molar-refractivity contribution in [2.75, 3.05) is 13.7 Å². The van der Waals surface area contributed by atoms with Gasteiger partial charge in [0.25, 0.3) is 0 Å². The first-order valence-corrected chi connectivity index (χ1v) is 11.3. The Labute approximate surface area is 196 Å². The highest BCUT2D eigenvalue weighted by Gasteiger charge is 2.33. The normalized spacial score (nSPS) is 13.4. The van der Waals surface area contributed by atoms with Gasteiger partial charge in [0, 0.05) is 10.9 Å². The third kappa shape index (κ3) is 5.30. The van der Waals surface area contributed by atoms with Gasteiger partial charge in [0.15, 0.2) is 5.76 Å². The van der Waals surface area contributed by atoms with E-state index in [1.165, 1.54) is 31.5 Å². The van der Waals surface area contributed by atoms with Crippen molar-refractivity contribution < 1.29 is 36.1 Å². The number of halogens is 3. The van der Waals surface area contributed by atoms with E-state index < -0.39 is 33.6 Å². The molecule has 3 rings (SSSR count). The minimum atomic E-state index is -4.64. The highest BCUT2D eigenvalue weighted by Crippen LogP contribution is 2.38. The van der Waals surface area contributed by atoms with Crippen molar-refractivity contribution in [3.8, 4) is 17.1 Å². The van der Waals surface area contributed by atoms with Crippen molar-refractivity contribution in [2.24, 2.45) is 4.40 Å². The Kier molecular flexibility index (Phi) is 7.15. The van der Waals surface area contributed by atoms with Crippen LogP contribution in [0.5, 0.6) is 5.75 Å². The molecule has 0 aliphatic heterocycles. The molecule has 34 heavy (non-hydrogen) atoms. The van der Waals surface area contributed by atoms with E-state index in [0.717, 1.165) is 6.07 Å². The summed E-state index contributed by atoms with van der Waals surface area (Å²) in [5.41, 5.74) is -0.679. The van der Waals surface area contributed by atoms with Gasteiger partial charge in [-0.05, 0) is 58.0 Å². The fraction of sp³-hybridized carbons (Fsp3) is 0.348. The zero-order valence-electron chi connectivity index (χ0n) is 19.1. The molecule has 11 heteroatoms. The molecule has 2 heterocycles. The molecule has 0 bridgehead atoms. The highest BCUT2D eigenvalue weighted by atomic mass is 32.2. The van der Waals surface area contributed by atoms with Gasteiger partial charge in [0.1, 0.15) is 39.3 Å². The SMILES string of the molecule is CCOC(=O)c1cc(-c2ccc(OC)c3nc(C(F)(F)F)ccc23)oc1/C=N/S(=O)C(C)(C)C. The maximum Gasteiger partial charge on any atom is 0.433 e. The number of pyridine rings is 1. The Morgan fingerprint density at radius 3 is 2.50 bits per heavy atom. The van der Waals surface area contributed by atoms with Crippen molar-refractivity contribution in [3.63, 3.8) is 0 Å². The molecule has 0 amide bonds. The van der Waals surface area contributed by atoms with Crippen molar-refractivity contribution in [2.45, 2.75) is 38.6 Å². The highest BCUT2D eigenvalue weighted by molar-refractivity contribution is 7.85. The molecule has 182 valence electrons. The molecule has 0 spiro atoms. The summed E-state index contributed by atoms with van der Waals surface area (Å²) in [5, 5.41) is 0.318. The lowest BCUT2D eigenvalue weighted by atomic mass is 10.0. The number of hydrogen-bond acceptors (Lipinski definition) is 6. The number of benzene rings is 1. The fourth-order valence-electron chi connectivity index (χ4n) is 2.99. The van der Waals surface area contributed by atoms with E-state index in [9.17, 15) is 22.2 Å². The molecule has 1 unspecified atom stereocenters. The van der Waals surface area contributed by atoms with E-state index >= 15 is 0 Å². The lowest BCUT2D eigenvalue weighted by Gasteiger charge is -2.12. The maximum absolute atomic E-state index is 13.2. The predicted octanol–water partition coefficient (Wildman–Crippen LogP) is 5.58. The van der Waals surface area contributed by atoms with Crippen LogP contribution in [0.1, 0.15) is 49.5 Å². The first-order valence-electron chi connectivity index (χ1n) is 10.2. The number of carbonyl (C=O) groups is 1. The van der Waals surface area contributed by atoms with E-state index in [1.807, 2.05) is 0 Å². The van der Waals surface area contributed by atoms with Crippen LogP contribution in [-0.2, 0) is 21.9 Å². The van der Waals surface area contributed by atoms with Crippen LogP contribution < -0.4 is 4.74 Å². The number of fused-ring (bicyclic) bond motifs is 1. The van der Waals surface area contributed by atoms with Crippen LogP contribution in [0, 0.1) is 0 Å². The number of furan rings is 1. The predicted molar refractivity (Wildman–Crippen MR) is 122 cm³/mol. The third-order valence-corrected chi connectivity index (χ3v) is 5.99. The number of methoxy groups -OCH3 is 1. The summed E-state index contributed by atoms with van der Waals surface area (Å²) >= 11 is 0. The zero-order chi connectivity index (χ0) is 25.3. The summed E-state index contributed by atoms with van der Waals surface area (Å²) in [4.78, 5) is 16.2. The Hall–Kier alpha value is -3.21. The molecule has 1 atom stereocenters. The molecule has 7 nitrogen and oxygen atoms in total. The molecule has 2 aromatic heterocycles. The fourth-order valence-corrected chi connectivity index (χ4v) is 3.49. The Bertz CT molecular complexity index is 1280. The van der Waals surface area contributed by atoms with Crippen LogP contribution in [0.25, 0.3) is 22.2 Å². The zero-order valence-corrected chi connectivity index (χ0v) is 20.0. The van der Waals surface area contributed by atoms with E-state index in [-0.39, 0.29) is 35.0 Å². The number of esters is 1. The van der Waals surface area contributed by atoms with Crippen molar-refractivity contribution in [1.29, 1.82) is 0 Å². The molecule has 0 saturated heterocycles.